The number of amides is 1. The largest absolute Gasteiger partial charge is 0.480 e. The maximum atomic E-state index is 12.2. The number of rotatable bonds is 7. The van der Waals surface area contributed by atoms with Gasteiger partial charge in [0.2, 0.25) is 5.88 Å². The number of carbonyl (C=O) groups is 2. The van der Waals surface area contributed by atoms with Crippen molar-refractivity contribution in [3.05, 3.63) is 59.8 Å². The van der Waals surface area contributed by atoms with Gasteiger partial charge in [0.25, 0.3) is 5.91 Å². The van der Waals surface area contributed by atoms with Gasteiger partial charge in [-0.2, -0.15) is 0 Å². The highest BCUT2D eigenvalue weighted by Crippen LogP contribution is 2.10. The number of carboxylic acids is 1. The van der Waals surface area contributed by atoms with Gasteiger partial charge in [0.15, 0.2) is 0 Å². The van der Waals surface area contributed by atoms with E-state index in [1.54, 1.807) is 12.1 Å². The molecule has 0 fully saturated rings. The highest BCUT2D eigenvalue weighted by atomic mass is 16.5. The summed E-state index contributed by atoms with van der Waals surface area (Å²) in [6, 6.07) is 11.3. The fourth-order valence-corrected chi connectivity index (χ4v) is 2.12. The van der Waals surface area contributed by atoms with Gasteiger partial charge in [0.05, 0.1) is 11.7 Å². The molecule has 2 aromatic rings. The molecule has 24 heavy (non-hydrogen) atoms. The SMILES string of the molecule is CC(C)Oc1ccc(C(=O)NC(Cc2ccccc2)C(=O)O)cn1. The quantitative estimate of drug-likeness (QED) is 0.814. The zero-order valence-corrected chi connectivity index (χ0v) is 13.6. The summed E-state index contributed by atoms with van der Waals surface area (Å²) in [4.78, 5) is 27.7. The lowest BCUT2D eigenvalue weighted by Crippen LogP contribution is -2.42. The van der Waals surface area contributed by atoms with Crippen LogP contribution in [0.2, 0.25) is 0 Å². The van der Waals surface area contributed by atoms with Crippen LogP contribution < -0.4 is 10.1 Å². The zero-order chi connectivity index (χ0) is 17.5. The van der Waals surface area contributed by atoms with Gasteiger partial charge in [0, 0.05) is 18.7 Å². The predicted molar refractivity (Wildman–Crippen MR) is 89.0 cm³/mol. The van der Waals surface area contributed by atoms with Crippen LogP contribution in [0.15, 0.2) is 48.7 Å². The first-order valence-corrected chi connectivity index (χ1v) is 7.66. The molecule has 126 valence electrons. The van der Waals surface area contributed by atoms with E-state index in [-0.39, 0.29) is 18.1 Å². The van der Waals surface area contributed by atoms with Crippen LogP contribution in [-0.4, -0.2) is 34.1 Å². The Kier molecular flexibility index (Phi) is 5.89. The predicted octanol–water partition coefficient (Wildman–Crippen LogP) is 2.29. The molecule has 1 atom stereocenters. The lowest BCUT2D eigenvalue weighted by molar-refractivity contribution is -0.139. The molecule has 0 saturated heterocycles. The maximum absolute atomic E-state index is 12.2. The van der Waals surface area contributed by atoms with E-state index in [1.165, 1.54) is 6.20 Å². The minimum atomic E-state index is -1.08. The monoisotopic (exact) mass is 328 g/mol. The Balaban J connectivity index is 2.03. The Labute approximate surface area is 140 Å². The molecule has 1 heterocycles. The Hall–Kier alpha value is -2.89. The summed E-state index contributed by atoms with van der Waals surface area (Å²) >= 11 is 0. The van der Waals surface area contributed by atoms with Crippen LogP contribution in [0.1, 0.15) is 29.8 Å². The first-order chi connectivity index (χ1) is 11.5. The number of pyridine rings is 1. The summed E-state index contributed by atoms with van der Waals surface area (Å²) in [5.74, 6) is -1.15. The molecule has 0 saturated carbocycles. The van der Waals surface area contributed by atoms with Gasteiger partial charge < -0.3 is 15.2 Å². The molecule has 0 bridgehead atoms. The normalized spacial score (nSPS) is 11.8. The fraction of sp³-hybridized carbons (Fsp3) is 0.278. The van der Waals surface area contributed by atoms with Crippen LogP contribution in [0.25, 0.3) is 0 Å². The maximum Gasteiger partial charge on any atom is 0.326 e. The minimum absolute atomic E-state index is 0.0144. The Morgan fingerprint density at radius 3 is 2.42 bits per heavy atom. The molecule has 1 aromatic heterocycles. The van der Waals surface area contributed by atoms with Crippen molar-refractivity contribution in [2.45, 2.75) is 32.4 Å². The number of hydrogen-bond donors (Lipinski definition) is 2. The van der Waals surface area contributed by atoms with E-state index in [0.29, 0.717) is 5.88 Å². The zero-order valence-electron chi connectivity index (χ0n) is 13.6. The van der Waals surface area contributed by atoms with Gasteiger partial charge in [-0.25, -0.2) is 9.78 Å². The molecular formula is C18H20N2O4. The topological polar surface area (TPSA) is 88.5 Å². The number of nitrogens with one attached hydrogen (secondary N) is 1. The third-order valence-electron chi connectivity index (χ3n) is 3.24. The van der Waals surface area contributed by atoms with Crippen LogP contribution in [0.3, 0.4) is 0 Å². The number of benzene rings is 1. The minimum Gasteiger partial charge on any atom is -0.480 e. The number of carboxylic acid groups (broad SMARTS) is 1. The van der Waals surface area contributed by atoms with Gasteiger partial charge in [-0.3, -0.25) is 4.79 Å². The molecule has 0 aliphatic rings. The van der Waals surface area contributed by atoms with Gasteiger partial charge in [-0.05, 0) is 25.5 Å². The lowest BCUT2D eigenvalue weighted by Gasteiger charge is -2.15. The summed E-state index contributed by atoms with van der Waals surface area (Å²) in [5.41, 5.74) is 1.12. The van der Waals surface area contributed by atoms with Gasteiger partial charge >= 0.3 is 5.97 Å². The third kappa shape index (κ3) is 5.08. The second-order valence-electron chi connectivity index (χ2n) is 5.61. The molecule has 2 rings (SSSR count). The van der Waals surface area contributed by atoms with Crippen LogP contribution in [0, 0.1) is 0 Å². The lowest BCUT2D eigenvalue weighted by atomic mass is 10.1. The first kappa shape index (κ1) is 17.5. The molecule has 6 nitrogen and oxygen atoms in total. The second-order valence-corrected chi connectivity index (χ2v) is 5.61. The van der Waals surface area contributed by atoms with Gasteiger partial charge in [-0.1, -0.05) is 30.3 Å². The van der Waals surface area contributed by atoms with Crippen molar-refractivity contribution in [2.24, 2.45) is 0 Å². The molecule has 1 amide bonds. The Bertz CT molecular complexity index is 684. The van der Waals surface area contributed by atoms with E-state index in [4.69, 9.17) is 4.74 Å². The van der Waals surface area contributed by atoms with Crippen molar-refractivity contribution in [3.8, 4) is 5.88 Å². The molecular weight excluding hydrogens is 308 g/mol. The summed E-state index contributed by atoms with van der Waals surface area (Å²) in [7, 11) is 0. The van der Waals surface area contributed by atoms with E-state index in [9.17, 15) is 14.7 Å². The summed E-state index contributed by atoms with van der Waals surface area (Å²) < 4.78 is 5.41. The van der Waals surface area contributed by atoms with E-state index in [0.717, 1.165) is 5.56 Å². The molecule has 0 spiro atoms. The van der Waals surface area contributed by atoms with E-state index in [2.05, 4.69) is 10.3 Å². The standard InChI is InChI=1S/C18H20N2O4/c1-12(2)24-16-9-8-14(11-19-16)17(21)20-15(18(22)23)10-13-6-4-3-5-7-13/h3-9,11-12,15H,10H2,1-2H3,(H,20,21)(H,22,23). The number of nitrogens with zero attached hydrogens (tertiary/aromatic N) is 1. The van der Waals surface area contributed by atoms with Crippen molar-refractivity contribution in [1.82, 2.24) is 10.3 Å². The van der Waals surface area contributed by atoms with Crippen molar-refractivity contribution in [1.29, 1.82) is 0 Å². The average Bonchev–Trinajstić information content (AvgIpc) is 2.55. The smallest absolute Gasteiger partial charge is 0.326 e. The highest BCUT2D eigenvalue weighted by molar-refractivity contribution is 5.96. The second kappa shape index (κ2) is 8.10. The number of carbonyl (C=O) groups excluding carboxylic acids is 1. The van der Waals surface area contributed by atoms with Crippen molar-refractivity contribution < 1.29 is 19.4 Å². The van der Waals surface area contributed by atoms with Crippen LogP contribution in [0.4, 0.5) is 0 Å². The molecule has 0 aliphatic heterocycles. The average molecular weight is 328 g/mol. The molecule has 0 aliphatic carbocycles. The first-order valence-electron chi connectivity index (χ1n) is 7.66. The third-order valence-corrected chi connectivity index (χ3v) is 3.24. The van der Waals surface area contributed by atoms with Crippen LogP contribution >= 0.6 is 0 Å². The summed E-state index contributed by atoms with van der Waals surface area (Å²) in [5, 5.41) is 11.8. The fourth-order valence-electron chi connectivity index (χ4n) is 2.12. The van der Waals surface area contributed by atoms with Crippen LogP contribution in [0.5, 0.6) is 5.88 Å². The van der Waals surface area contributed by atoms with Gasteiger partial charge in [-0.15, -0.1) is 0 Å². The number of aliphatic carboxylic acids is 1. The number of aromatic nitrogens is 1. The number of ether oxygens (including phenoxy) is 1. The molecule has 2 N–H and O–H groups in total. The molecule has 6 heteroatoms. The molecule has 0 radical (unpaired) electrons. The van der Waals surface area contributed by atoms with E-state index < -0.39 is 17.9 Å². The van der Waals surface area contributed by atoms with E-state index >= 15 is 0 Å². The van der Waals surface area contributed by atoms with Crippen molar-refractivity contribution in [3.63, 3.8) is 0 Å². The molecule has 1 unspecified atom stereocenters. The number of hydrogen-bond acceptors (Lipinski definition) is 4. The Morgan fingerprint density at radius 2 is 1.88 bits per heavy atom. The van der Waals surface area contributed by atoms with Crippen molar-refractivity contribution in [2.75, 3.05) is 0 Å². The van der Waals surface area contributed by atoms with Crippen molar-refractivity contribution >= 4 is 11.9 Å². The van der Waals surface area contributed by atoms with Crippen LogP contribution in [-0.2, 0) is 11.2 Å². The molecule has 1 aromatic carbocycles. The Morgan fingerprint density at radius 1 is 1.17 bits per heavy atom. The highest BCUT2D eigenvalue weighted by Gasteiger charge is 2.21. The summed E-state index contributed by atoms with van der Waals surface area (Å²) in [6.45, 7) is 3.76. The summed E-state index contributed by atoms with van der Waals surface area (Å²) in [6.07, 6.45) is 1.57. The van der Waals surface area contributed by atoms with E-state index in [1.807, 2.05) is 44.2 Å². The van der Waals surface area contributed by atoms with Gasteiger partial charge in [0.1, 0.15) is 6.04 Å².